The van der Waals surface area contributed by atoms with Crippen LogP contribution in [0.3, 0.4) is 0 Å². The van der Waals surface area contributed by atoms with Crippen LogP contribution >= 0.6 is 0 Å². The lowest BCUT2D eigenvalue weighted by Gasteiger charge is -2.30. The fourth-order valence-corrected chi connectivity index (χ4v) is 5.01. The van der Waals surface area contributed by atoms with Gasteiger partial charge in [-0.25, -0.2) is 9.78 Å². The van der Waals surface area contributed by atoms with Crippen molar-refractivity contribution in [2.75, 3.05) is 23.8 Å². The Morgan fingerprint density at radius 2 is 1.67 bits per heavy atom. The van der Waals surface area contributed by atoms with Crippen LogP contribution in [0.4, 0.5) is 30.4 Å². The van der Waals surface area contributed by atoms with E-state index in [9.17, 15) is 32.3 Å². The van der Waals surface area contributed by atoms with Crippen molar-refractivity contribution in [3.05, 3.63) is 114 Å². The summed E-state index contributed by atoms with van der Waals surface area (Å²) >= 11 is 0. The number of halogens is 3. The number of benzene rings is 3. The number of rotatable bonds is 8. The van der Waals surface area contributed by atoms with Crippen LogP contribution in [0.5, 0.6) is 5.75 Å². The zero-order chi connectivity index (χ0) is 34.3. The molecule has 2 amide bonds. The predicted octanol–water partition coefficient (Wildman–Crippen LogP) is 5.37. The molecule has 0 aliphatic carbocycles. The summed E-state index contributed by atoms with van der Waals surface area (Å²) in [4.78, 5) is 58.7. The third kappa shape index (κ3) is 7.79. The second-order valence-electron chi connectivity index (χ2n) is 10.4. The number of para-hydroxylation sites is 1. The Balaban J connectivity index is 1.49. The van der Waals surface area contributed by atoms with Crippen molar-refractivity contribution in [3.63, 3.8) is 0 Å². The van der Waals surface area contributed by atoms with Gasteiger partial charge in [-0.2, -0.15) is 13.2 Å². The van der Waals surface area contributed by atoms with Crippen molar-refractivity contribution in [1.82, 2.24) is 9.88 Å². The van der Waals surface area contributed by atoms with Crippen LogP contribution in [0.2, 0.25) is 0 Å². The highest BCUT2D eigenvalue weighted by atomic mass is 19.4. The van der Waals surface area contributed by atoms with Gasteiger partial charge in [0.05, 0.1) is 30.3 Å². The van der Waals surface area contributed by atoms with E-state index in [0.29, 0.717) is 29.0 Å². The van der Waals surface area contributed by atoms with Crippen LogP contribution in [0, 0.1) is 11.8 Å². The number of carbonyl (C=O) groups is 4. The Morgan fingerprint density at radius 3 is 2.35 bits per heavy atom. The number of alkyl halides is 3. The largest absolute Gasteiger partial charge is 0.491 e. The minimum absolute atomic E-state index is 0.0524. The number of fused-ring (bicyclic) bond motifs is 1. The first-order chi connectivity index (χ1) is 23.0. The molecular formula is C35H27F3N4O6. The normalized spacial score (nSPS) is 13.5. The molecule has 1 unspecified atom stereocenters. The summed E-state index contributed by atoms with van der Waals surface area (Å²) in [5.41, 5.74) is 7.29. The lowest BCUT2D eigenvalue weighted by atomic mass is 10.00. The van der Waals surface area contributed by atoms with Crippen molar-refractivity contribution >= 4 is 40.9 Å². The molecule has 13 heteroatoms. The lowest BCUT2D eigenvalue weighted by Crippen LogP contribution is -2.41. The summed E-state index contributed by atoms with van der Waals surface area (Å²) in [6.45, 7) is -0.346. The van der Waals surface area contributed by atoms with Gasteiger partial charge in [0.15, 0.2) is 11.6 Å². The van der Waals surface area contributed by atoms with E-state index in [-0.39, 0.29) is 23.7 Å². The number of esters is 2. The Bertz CT molecular complexity index is 1890. The number of nitrogen functional groups attached to an aromatic ring is 1. The first-order valence-electron chi connectivity index (χ1n) is 14.5. The average Bonchev–Trinajstić information content (AvgIpc) is 3.17. The smallest absolute Gasteiger partial charge is 0.489 e. The molecule has 1 aromatic heterocycles. The Morgan fingerprint density at radius 1 is 0.958 bits per heavy atom. The fraction of sp³-hybridized carbons (Fsp3) is 0.171. The van der Waals surface area contributed by atoms with Gasteiger partial charge in [0, 0.05) is 23.9 Å². The van der Waals surface area contributed by atoms with Crippen LogP contribution in [-0.4, -0.2) is 53.0 Å². The molecule has 244 valence electrons. The molecule has 1 atom stereocenters. The third-order valence-electron chi connectivity index (χ3n) is 7.17. The van der Waals surface area contributed by atoms with Gasteiger partial charge < -0.3 is 20.1 Å². The summed E-state index contributed by atoms with van der Waals surface area (Å²) in [6.07, 6.45) is -4.41. The molecule has 2 N–H and O–H groups in total. The van der Waals surface area contributed by atoms with Crippen LogP contribution in [0.1, 0.15) is 40.4 Å². The number of hydrogen-bond donors (Lipinski definition) is 1. The molecule has 0 saturated heterocycles. The van der Waals surface area contributed by atoms with Crippen molar-refractivity contribution in [2.24, 2.45) is 0 Å². The summed E-state index contributed by atoms with van der Waals surface area (Å²) in [6, 6.07) is 23.3. The molecule has 2 heterocycles. The predicted molar refractivity (Wildman–Crippen MR) is 168 cm³/mol. The van der Waals surface area contributed by atoms with Gasteiger partial charge in [0.2, 0.25) is 0 Å². The van der Waals surface area contributed by atoms with E-state index < -0.39 is 48.9 Å². The number of anilines is 3. The number of ether oxygens (including phenoxy) is 2. The molecule has 3 aromatic carbocycles. The molecule has 0 radical (unpaired) electrons. The number of aromatic nitrogens is 1. The van der Waals surface area contributed by atoms with E-state index in [1.165, 1.54) is 17.2 Å². The van der Waals surface area contributed by atoms with Gasteiger partial charge >= 0.3 is 18.1 Å². The number of carbonyl (C=O) groups excluding carboxylic acids is 4. The first-order valence-corrected chi connectivity index (χ1v) is 14.5. The highest BCUT2D eigenvalue weighted by Gasteiger charge is 2.43. The van der Waals surface area contributed by atoms with Crippen LogP contribution in [0.15, 0.2) is 97.2 Å². The fourth-order valence-electron chi connectivity index (χ4n) is 5.01. The van der Waals surface area contributed by atoms with Crippen LogP contribution in [0.25, 0.3) is 0 Å². The maximum Gasteiger partial charge on any atom is 0.491 e. The number of hydrogen-bond acceptors (Lipinski definition) is 8. The van der Waals surface area contributed by atoms with E-state index in [1.807, 2.05) is 0 Å². The zero-order valence-electron chi connectivity index (χ0n) is 25.1. The summed E-state index contributed by atoms with van der Waals surface area (Å²) < 4.78 is 48.2. The van der Waals surface area contributed by atoms with Gasteiger partial charge in [0.25, 0.3) is 11.8 Å². The standard InChI is InChI=1S/C35H27F3N4O6/c36-35(37,38)34(46)48-31(44)21-28(24-11-3-1-4-12-24)41-22-30(43)42(25-13-5-2-6-14-25)27-17-16-23(20-26(27)33(41)45)10-7-8-19-47-29-15-9-18-40-32(29)39/h1-6,9,11-18,20,28H,8,19,21-22H2,(H2,39,40). The average molecular weight is 657 g/mol. The van der Waals surface area contributed by atoms with Gasteiger partial charge in [-0.1, -0.05) is 60.4 Å². The number of nitrogens with two attached hydrogens (primary N) is 1. The van der Waals surface area contributed by atoms with E-state index >= 15 is 0 Å². The van der Waals surface area contributed by atoms with E-state index in [4.69, 9.17) is 10.5 Å². The van der Waals surface area contributed by atoms with Gasteiger partial charge in [0.1, 0.15) is 6.54 Å². The van der Waals surface area contributed by atoms with E-state index in [1.54, 1.807) is 84.9 Å². The Labute approximate surface area is 272 Å². The lowest BCUT2D eigenvalue weighted by molar-refractivity contribution is -0.202. The maximum atomic E-state index is 14.3. The second kappa shape index (κ2) is 14.5. The maximum absolute atomic E-state index is 14.3. The summed E-state index contributed by atoms with van der Waals surface area (Å²) in [7, 11) is 0. The molecule has 0 bridgehead atoms. The SMILES string of the molecule is Nc1ncccc1OCCC#Cc1ccc2c(c1)C(=O)N(C(CC(=O)OC(=O)C(F)(F)F)c1ccccc1)CC(=O)N2c1ccccc1. The number of amides is 2. The molecule has 0 saturated carbocycles. The van der Waals surface area contributed by atoms with Crippen molar-refractivity contribution in [1.29, 1.82) is 0 Å². The van der Waals surface area contributed by atoms with Gasteiger partial charge in [-0.05, 0) is 48.0 Å². The molecule has 1 aliphatic rings. The van der Waals surface area contributed by atoms with E-state index in [0.717, 1.165) is 4.90 Å². The molecule has 4 aromatic rings. The van der Waals surface area contributed by atoms with Crippen molar-refractivity contribution in [3.8, 4) is 17.6 Å². The zero-order valence-corrected chi connectivity index (χ0v) is 25.1. The minimum atomic E-state index is -5.41. The minimum Gasteiger partial charge on any atom is -0.489 e. The third-order valence-corrected chi connectivity index (χ3v) is 7.17. The quantitative estimate of drug-likeness (QED) is 0.116. The molecule has 5 rings (SSSR count). The topological polar surface area (TPSA) is 132 Å². The summed E-state index contributed by atoms with van der Waals surface area (Å²) in [5.74, 6) is 1.15. The second-order valence-corrected chi connectivity index (χ2v) is 10.4. The van der Waals surface area contributed by atoms with Crippen molar-refractivity contribution < 1.29 is 41.8 Å². The highest BCUT2D eigenvalue weighted by molar-refractivity contribution is 6.13. The van der Waals surface area contributed by atoms with Gasteiger partial charge in [-0.3, -0.25) is 19.3 Å². The first kappa shape index (κ1) is 33.2. The van der Waals surface area contributed by atoms with Crippen LogP contribution in [-0.2, 0) is 19.1 Å². The summed E-state index contributed by atoms with van der Waals surface area (Å²) in [5, 5.41) is 0. The molecule has 0 fully saturated rings. The molecule has 0 spiro atoms. The van der Waals surface area contributed by atoms with E-state index in [2.05, 4.69) is 21.6 Å². The Hall–Kier alpha value is -6.16. The number of pyridine rings is 1. The number of nitrogens with zero attached hydrogens (tertiary/aromatic N) is 3. The molecule has 48 heavy (non-hydrogen) atoms. The molecule has 10 nitrogen and oxygen atoms in total. The van der Waals surface area contributed by atoms with Crippen molar-refractivity contribution in [2.45, 2.75) is 25.1 Å². The molecular weight excluding hydrogens is 629 g/mol. The highest BCUT2D eigenvalue weighted by Crippen LogP contribution is 2.37. The van der Waals surface area contributed by atoms with Crippen LogP contribution < -0.4 is 15.4 Å². The monoisotopic (exact) mass is 656 g/mol. The molecule has 1 aliphatic heterocycles. The van der Waals surface area contributed by atoms with Gasteiger partial charge in [-0.15, -0.1) is 0 Å². The Kier molecular flexibility index (Phi) is 10.0.